The van der Waals surface area contributed by atoms with Gasteiger partial charge in [-0.25, -0.2) is 13.6 Å². The lowest BCUT2D eigenvalue weighted by Gasteiger charge is -2.29. The molecule has 9 nitrogen and oxygen atoms in total. The number of halogens is 3. The minimum atomic E-state index is -1.23. The van der Waals surface area contributed by atoms with Gasteiger partial charge in [-0.2, -0.15) is 0 Å². The molecule has 33 heavy (non-hydrogen) atoms. The number of rotatable bonds is 4. The number of phenols is 1. The summed E-state index contributed by atoms with van der Waals surface area (Å²) in [5.74, 6) is -4.45. The molecule has 1 saturated heterocycles. The van der Waals surface area contributed by atoms with E-state index in [0.717, 1.165) is 18.2 Å². The largest absolute Gasteiger partial charge is 0.505 e. The molecule has 0 radical (unpaired) electrons. The number of carbonyl (C=O) groups excluding carboxylic acids is 4. The van der Waals surface area contributed by atoms with E-state index >= 15 is 0 Å². The van der Waals surface area contributed by atoms with Crippen molar-refractivity contribution in [1.82, 2.24) is 15.5 Å². The Morgan fingerprint density at radius 2 is 2.03 bits per heavy atom. The summed E-state index contributed by atoms with van der Waals surface area (Å²) in [6, 6.07) is 2.25. The quantitative estimate of drug-likeness (QED) is 0.501. The summed E-state index contributed by atoms with van der Waals surface area (Å²) >= 11 is 5.72. The zero-order valence-electron chi connectivity index (χ0n) is 17.8. The maximum atomic E-state index is 14.6. The number of amides is 5. The van der Waals surface area contributed by atoms with Crippen molar-refractivity contribution < 1.29 is 34.5 Å². The maximum Gasteiger partial charge on any atom is 0.319 e. The lowest BCUT2D eigenvalue weighted by molar-refractivity contribution is -0.136. The van der Waals surface area contributed by atoms with E-state index in [4.69, 9.17) is 13.0 Å². The van der Waals surface area contributed by atoms with Gasteiger partial charge in [-0.1, -0.05) is 11.6 Å². The molecule has 2 aliphatic rings. The standard InChI is InChI=1S/C21H17ClF2N4O5/c22-11-4-14(18(24)16(29)5-11)26-21(33)25-7-9-3-10-8-28(20(32)12(10)6-13(9)23)15-1-2-17(30)27-19(15)31/h3-6,15,29H,1-2,7-8H2,(H2,25,26,33)(H,27,30,31)/i/hD. The second-order valence-electron chi connectivity index (χ2n) is 7.53. The highest BCUT2D eigenvalue weighted by atomic mass is 35.5. The SMILES string of the molecule is [2H]N(C(=O)NCc1cc2c(cc1F)C(=O)N(C1CCC(=O)NC1=O)C2)c1cc(Cl)cc(O)c1F. The number of hydrogen-bond acceptors (Lipinski definition) is 5. The first-order chi connectivity index (χ1) is 16.1. The highest BCUT2D eigenvalue weighted by molar-refractivity contribution is 6.31. The van der Waals surface area contributed by atoms with Crippen LogP contribution in [0.4, 0.5) is 19.3 Å². The van der Waals surface area contributed by atoms with Crippen LogP contribution in [0.2, 0.25) is 6.43 Å². The van der Waals surface area contributed by atoms with E-state index in [2.05, 4.69) is 10.6 Å². The van der Waals surface area contributed by atoms with Crippen molar-refractivity contribution in [3.63, 3.8) is 0 Å². The van der Waals surface area contributed by atoms with E-state index in [1.165, 1.54) is 11.0 Å². The summed E-state index contributed by atoms with van der Waals surface area (Å²) in [5, 5.41) is 13.9. The van der Waals surface area contributed by atoms with Gasteiger partial charge in [0, 0.05) is 41.7 Å². The minimum absolute atomic E-state index is 0.00663. The lowest BCUT2D eigenvalue weighted by Crippen LogP contribution is -2.52. The number of nitrogens with zero attached hydrogens (tertiary/aromatic N) is 1. The van der Waals surface area contributed by atoms with Crippen molar-refractivity contribution in [2.45, 2.75) is 32.0 Å². The molecule has 2 aliphatic heterocycles. The van der Waals surface area contributed by atoms with Crippen LogP contribution in [-0.2, 0) is 22.7 Å². The van der Waals surface area contributed by atoms with Crippen molar-refractivity contribution in [2.24, 2.45) is 0 Å². The predicted molar refractivity (Wildman–Crippen MR) is 111 cm³/mol. The van der Waals surface area contributed by atoms with Crippen LogP contribution in [0, 0.1) is 11.6 Å². The molecule has 1 unspecified atom stereocenters. The molecule has 4 N–H and O–H groups in total. The summed E-state index contributed by atoms with van der Waals surface area (Å²) in [7, 11) is 0. The zero-order chi connectivity index (χ0) is 24.7. The average Bonchev–Trinajstić information content (AvgIpc) is 3.09. The number of aromatic hydroxyl groups is 1. The fourth-order valence-electron chi connectivity index (χ4n) is 3.74. The van der Waals surface area contributed by atoms with E-state index in [0.29, 0.717) is 5.56 Å². The van der Waals surface area contributed by atoms with Gasteiger partial charge < -0.3 is 20.6 Å². The molecular formula is C21H17ClF2N4O5. The Morgan fingerprint density at radius 3 is 2.76 bits per heavy atom. The molecule has 1 fully saturated rings. The van der Waals surface area contributed by atoms with Gasteiger partial charge in [0.15, 0.2) is 13.0 Å². The third kappa shape index (κ3) is 4.44. The monoisotopic (exact) mass is 479 g/mol. The second-order valence-corrected chi connectivity index (χ2v) is 7.97. The van der Waals surface area contributed by atoms with Gasteiger partial charge in [-0.3, -0.25) is 19.7 Å². The number of anilines is 1. The Kier molecular flexibility index (Phi) is 5.55. The number of phenolic OH excluding ortho intramolecular Hbond substituents is 1. The Morgan fingerprint density at radius 1 is 1.27 bits per heavy atom. The summed E-state index contributed by atoms with van der Waals surface area (Å²) in [6.45, 7) is -0.382. The van der Waals surface area contributed by atoms with Crippen molar-refractivity contribution in [3.8, 4) is 5.75 Å². The van der Waals surface area contributed by atoms with Crippen LogP contribution in [0.1, 0.15) is 34.3 Å². The number of piperidine rings is 1. The van der Waals surface area contributed by atoms with E-state index in [9.17, 15) is 33.1 Å². The van der Waals surface area contributed by atoms with E-state index in [1.54, 1.807) is 0 Å². The number of fused-ring (bicyclic) bond motifs is 1. The molecule has 4 rings (SSSR count). The zero-order valence-corrected chi connectivity index (χ0v) is 17.6. The summed E-state index contributed by atoms with van der Waals surface area (Å²) in [5.41, 5.74) is -0.125. The summed E-state index contributed by atoms with van der Waals surface area (Å²) in [4.78, 5) is 49.7. The molecule has 1 atom stereocenters. The van der Waals surface area contributed by atoms with Crippen LogP contribution in [0.15, 0.2) is 24.3 Å². The number of nitrogens with one attached hydrogen (secondary N) is 3. The van der Waals surface area contributed by atoms with Gasteiger partial charge >= 0.3 is 6.03 Å². The van der Waals surface area contributed by atoms with Crippen molar-refractivity contribution in [1.29, 1.82) is 0 Å². The lowest BCUT2D eigenvalue weighted by atomic mass is 10.0. The van der Waals surface area contributed by atoms with Gasteiger partial charge in [0.25, 0.3) is 5.91 Å². The molecule has 172 valence electrons. The average molecular weight is 480 g/mol. The van der Waals surface area contributed by atoms with E-state index in [-0.39, 0.29) is 40.8 Å². The normalized spacial score (nSPS) is 18.0. The Bertz CT molecular complexity index is 1240. The molecular weight excluding hydrogens is 462 g/mol. The van der Waals surface area contributed by atoms with Crippen LogP contribution in [-0.4, -0.2) is 39.8 Å². The first kappa shape index (κ1) is 21.1. The molecule has 0 aliphatic carbocycles. The van der Waals surface area contributed by atoms with E-state index in [1.807, 2.05) is 0 Å². The minimum Gasteiger partial charge on any atom is -0.505 e. The number of hydrogen-bond donors (Lipinski definition) is 4. The van der Waals surface area contributed by atoms with Gasteiger partial charge in [-0.15, -0.1) is 0 Å². The van der Waals surface area contributed by atoms with Crippen LogP contribution in [0.3, 0.4) is 0 Å². The Hall–Kier alpha value is -3.73. The van der Waals surface area contributed by atoms with Crippen molar-refractivity contribution >= 4 is 41.0 Å². The number of carbonyl (C=O) groups is 4. The number of urea groups is 1. The Balaban J connectivity index is 1.47. The molecule has 0 bridgehead atoms. The third-order valence-corrected chi connectivity index (χ3v) is 5.56. The molecule has 2 aromatic carbocycles. The fraction of sp³-hybridized carbons (Fsp3) is 0.238. The highest BCUT2D eigenvalue weighted by Gasteiger charge is 2.39. The third-order valence-electron chi connectivity index (χ3n) is 5.34. The molecule has 2 aromatic rings. The molecule has 0 spiro atoms. The topological polar surface area (TPSA) is 128 Å². The van der Waals surface area contributed by atoms with Gasteiger partial charge in [0.05, 0.1) is 5.69 Å². The second kappa shape index (κ2) is 8.66. The van der Waals surface area contributed by atoms with E-state index < -0.39 is 59.4 Å². The van der Waals surface area contributed by atoms with Crippen LogP contribution in [0.25, 0.3) is 0 Å². The molecule has 0 aromatic heterocycles. The smallest absolute Gasteiger partial charge is 0.319 e. The van der Waals surface area contributed by atoms with Crippen molar-refractivity contribution in [2.75, 3.05) is 5.31 Å². The van der Waals surface area contributed by atoms with Gasteiger partial charge in [0.2, 0.25) is 11.8 Å². The van der Waals surface area contributed by atoms with Gasteiger partial charge in [0.1, 0.15) is 11.9 Å². The molecule has 2 heterocycles. The summed E-state index contributed by atoms with van der Waals surface area (Å²) < 4.78 is 36.5. The maximum absolute atomic E-state index is 14.6. The Labute approximate surface area is 192 Å². The van der Waals surface area contributed by atoms with Crippen LogP contribution < -0.4 is 15.9 Å². The highest BCUT2D eigenvalue weighted by Crippen LogP contribution is 2.30. The van der Waals surface area contributed by atoms with Crippen LogP contribution in [0.5, 0.6) is 5.75 Å². The summed E-state index contributed by atoms with van der Waals surface area (Å²) in [6.07, 6.45) is 0.238. The van der Waals surface area contributed by atoms with Crippen molar-refractivity contribution in [3.05, 3.63) is 57.6 Å². The molecule has 5 amide bonds. The first-order valence-corrected chi connectivity index (χ1v) is 10.2. The molecule has 12 heteroatoms. The first-order valence-electron chi connectivity index (χ1n) is 10.2. The van der Waals surface area contributed by atoms with Crippen LogP contribution >= 0.6 is 11.6 Å². The molecule has 0 saturated carbocycles. The predicted octanol–water partition coefficient (Wildman–Crippen LogP) is 2.41. The number of imide groups is 1. The van der Waals surface area contributed by atoms with Gasteiger partial charge in [-0.05, 0) is 30.2 Å². The number of benzene rings is 2. The fourth-order valence-corrected chi connectivity index (χ4v) is 3.94.